The number of carbonyl (C=O) groups excluding carboxylic acids is 2. The second-order valence-electron chi connectivity index (χ2n) is 8.23. The van der Waals surface area contributed by atoms with Crippen molar-refractivity contribution in [2.45, 2.75) is 69.5 Å². The van der Waals surface area contributed by atoms with E-state index in [2.05, 4.69) is 5.32 Å². The number of thioether (sulfide) groups is 1. The molecule has 3 rings (SSSR count). The van der Waals surface area contributed by atoms with E-state index in [1.165, 1.54) is 5.56 Å². The summed E-state index contributed by atoms with van der Waals surface area (Å²) in [6, 6.07) is 15.5. The van der Waals surface area contributed by atoms with Gasteiger partial charge in [0.1, 0.15) is 6.04 Å². The van der Waals surface area contributed by atoms with E-state index in [-0.39, 0.29) is 17.9 Å². The monoisotopic (exact) mass is 458 g/mol. The average molecular weight is 459 g/mol. The molecule has 0 aromatic heterocycles. The summed E-state index contributed by atoms with van der Waals surface area (Å²) in [6.07, 6.45) is 4.75. The van der Waals surface area contributed by atoms with Crippen molar-refractivity contribution in [3.05, 3.63) is 64.7 Å². The number of hydrogen-bond donors (Lipinski definition) is 1. The number of aryl methyl sites for hydroxylation is 1. The third-order valence-corrected chi connectivity index (χ3v) is 7.01. The smallest absolute Gasteiger partial charge is 0.242 e. The van der Waals surface area contributed by atoms with Crippen LogP contribution in [0.25, 0.3) is 0 Å². The first-order chi connectivity index (χ1) is 14.9. The molecule has 0 spiro atoms. The van der Waals surface area contributed by atoms with Crippen LogP contribution in [0, 0.1) is 6.92 Å². The molecule has 0 heterocycles. The van der Waals surface area contributed by atoms with E-state index in [4.69, 9.17) is 11.6 Å². The molecule has 6 heteroatoms. The Morgan fingerprint density at radius 3 is 2.39 bits per heavy atom. The summed E-state index contributed by atoms with van der Waals surface area (Å²) in [5.41, 5.74) is 2.21. The van der Waals surface area contributed by atoms with Gasteiger partial charge >= 0.3 is 0 Å². The molecule has 2 amide bonds. The SMILES string of the molecule is Cc1ccc(CN(C(=O)CCSc2ccc(Cl)cc2)[C@@H](C)C(=O)NC2CCCC2)cc1. The molecule has 1 atom stereocenters. The van der Waals surface area contributed by atoms with Gasteiger partial charge in [-0.15, -0.1) is 11.8 Å². The van der Waals surface area contributed by atoms with Gasteiger partial charge in [-0.05, 0) is 56.5 Å². The summed E-state index contributed by atoms with van der Waals surface area (Å²) >= 11 is 7.56. The van der Waals surface area contributed by atoms with Crippen molar-refractivity contribution in [3.63, 3.8) is 0 Å². The van der Waals surface area contributed by atoms with E-state index < -0.39 is 6.04 Å². The fourth-order valence-corrected chi connectivity index (χ4v) is 4.76. The van der Waals surface area contributed by atoms with E-state index in [0.717, 1.165) is 36.1 Å². The lowest BCUT2D eigenvalue weighted by molar-refractivity contribution is -0.140. The summed E-state index contributed by atoms with van der Waals surface area (Å²) in [4.78, 5) is 28.8. The molecular weight excluding hydrogens is 428 g/mol. The molecule has 1 fully saturated rings. The van der Waals surface area contributed by atoms with E-state index in [9.17, 15) is 9.59 Å². The van der Waals surface area contributed by atoms with Crippen molar-refractivity contribution in [1.29, 1.82) is 0 Å². The lowest BCUT2D eigenvalue weighted by atomic mass is 10.1. The highest BCUT2D eigenvalue weighted by Gasteiger charge is 2.28. The minimum Gasteiger partial charge on any atom is -0.352 e. The summed E-state index contributed by atoms with van der Waals surface area (Å²) in [7, 11) is 0. The predicted molar refractivity (Wildman–Crippen MR) is 128 cm³/mol. The Labute approximate surface area is 194 Å². The third kappa shape index (κ3) is 7.29. The standard InChI is InChI=1S/C25H31ClN2O2S/c1-18-7-9-20(10-8-18)17-28(19(2)25(30)27-22-5-3-4-6-22)24(29)15-16-31-23-13-11-21(26)12-14-23/h7-14,19,22H,3-6,15-17H2,1-2H3,(H,27,30)/t19-/m0/s1. The molecule has 1 saturated carbocycles. The minimum absolute atomic E-state index is 0.00360. The Morgan fingerprint density at radius 1 is 1.10 bits per heavy atom. The lowest BCUT2D eigenvalue weighted by Crippen LogP contribution is -2.49. The number of nitrogens with zero attached hydrogens (tertiary/aromatic N) is 1. The van der Waals surface area contributed by atoms with Crippen molar-refractivity contribution >= 4 is 35.2 Å². The fourth-order valence-electron chi connectivity index (χ4n) is 3.80. The maximum Gasteiger partial charge on any atom is 0.242 e. The first kappa shape index (κ1) is 23.7. The molecule has 0 unspecified atom stereocenters. The van der Waals surface area contributed by atoms with Crippen molar-refractivity contribution < 1.29 is 9.59 Å². The average Bonchev–Trinajstić information content (AvgIpc) is 3.27. The van der Waals surface area contributed by atoms with Gasteiger partial charge in [0, 0.05) is 34.7 Å². The third-order valence-electron chi connectivity index (χ3n) is 5.74. The second-order valence-corrected chi connectivity index (χ2v) is 9.83. The van der Waals surface area contributed by atoms with Crippen LogP contribution in [0.1, 0.15) is 50.2 Å². The van der Waals surface area contributed by atoms with Gasteiger partial charge in [-0.1, -0.05) is 54.3 Å². The number of amides is 2. The summed E-state index contributed by atoms with van der Waals surface area (Å²) in [5.74, 6) is 0.593. The lowest BCUT2D eigenvalue weighted by Gasteiger charge is -2.30. The van der Waals surface area contributed by atoms with Crippen molar-refractivity contribution in [2.24, 2.45) is 0 Å². The van der Waals surface area contributed by atoms with Crippen LogP contribution in [0.4, 0.5) is 0 Å². The predicted octanol–water partition coefficient (Wildman–Crippen LogP) is 5.61. The Kier molecular flexibility index (Phi) is 8.85. The largest absolute Gasteiger partial charge is 0.352 e. The number of rotatable bonds is 9. The van der Waals surface area contributed by atoms with Gasteiger partial charge in [0.15, 0.2) is 0 Å². The molecule has 2 aromatic carbocycles. The van der Waals surface area contributed by atoms with Crippen molar-refractivity contribution in [2.75, 3.05) is 5.75 Å². The Hall–Kier alpha value is -1.98. The molecule has 0 aliphatic heterocycles. The van der Waals surface area contributed by atoms with E-state index in [0.29, 0.717) is 23.7 Å². The van der Waals surface area contributed by atoms with Gasteiger partial charge in [0.25, 0.3) is 0 Å². The number of halogens is 1. The van der Waals surface area contributed by atoms with Crippen LogP contribution in [0.3, 0.4) is 0 Å². The molecule has 31 heavy (non-hydrogen) atoms. The second kappa shape index (κ2) is 11.6. The molecule has 1 N–H and O–H groups in total. The van der Waals surface area contributed by atoms with Crippen molar-refractivity contribution in [3.8, 4) is 0 Å². The highest BCUT2D eigenvalue weighted by atomic mass is 35.5. The van der Waals surface area contributed by atoms with Crippen LogP contribution < -0.4 is 5.32 Å². The summed E-state index contributed by atoms with van der Waals surface area (Å²) in [5, 5.41) is 3.85. The van der Waals surface area contributed by atoms with Gasteiger partial charge in [0.2, 0.25) is 11.8 Å². The molecule has 2 aromatic rings. The zero-order valence-electron chi connectivity index (χ0n) is 18.3. The maximum absolute atomic E-state index is 13.2. The minimum atomic E-state index is -0.505. The van der Waals surface area contributed by atoms with Crippen LogP contribution in [-0.4, -0.2) is 34.6 Å². The highest BCUT2D eigenvalue weighted by Crippen LogP contribution is 2.22. The van der Waals surface area contributed by atoms with Gasteiger partial charge < -0.3 is 10.2 Å². The van der Waals surface area contributed by atoms with Gasteiger partial charge in [0.05, 0.1) is 0 Å². The number of hydrogen-bond acceptors (Lipinski definition) is 3. The number of carbonyl (C=O) groups is 2. The van der Waals surface area contributed by atoms with Crippen LogP contribution >= 0.6 is 23.4 Å². The van der Waals surface area contributed by atoms with E-state index in [1.54, 1.807) is 16.7 Å². The zero-order valence-corrected chi connectivity index (χ0v) is 19.8. The normalized spacial score (nSPS) is 14.9. The number of benzene rings is 2. The summed E-state index contributed by atoms with van der Waals surface area (Å²) in [6.45, 7) is 4.31. The quantitative estimate of drug-likeness (QED) is 0.497. The molecule has 1 aliphatic carbocycles. The molecule has 166 valence electrons. The first-order valence-electron chi connectivity index (χ1n) is 11.0. The molecule has 4 nitrogen and oxygen atoms in total. The van der Waals surface area contributed by atoms with E-state index >= 15 is 0 Å². The molecule has 1 aliphatic rings. The van der Waals surface area contributed by atoms with Crippen LogP contribution in [0.5, 0.6) is 0 Å². The van der Waals surface area contributed by atoms with Gasteiger partial charge in [-0.3, -0.25) is 9.59 Å². The summed E-state index contributed by atoms with van der Waals surface area (Å²) < 4.78 is 0. The molecule has 0 radical (unpaired) electrons. The van der Waals surface area contributed by atoms with E-state index in [1.807, 2.05) is 62.4 Å². The van der Waals surface area contributed by atoms with Crippen LogP contribution in [-0.2, 0) is 16.1 Å². The molecule has 0 saturated heterocycles. The first-order valence-corrected chi connectivity index (χ1v) is 12.3. The topological polar surface area (TPSA) is 49.4 Å². The molecule has 0 bridgehead atoms. The Bertz CT molecular complexity index is 864. The fraction of sp³-hybridized carbons (Fsp3) is 0.440. The zero-order chi connectivity index (χ0) is 22.2. The number of nitrogens with one attached hydrogen (secondary N) is 1. The van der Waals surface area contributed by atoms with Gasteiger partial charge in [-0.2, -0.15) is 0 Å². The van der Waals surface area contributed by atoms with Crippen LogP contribution in [0.2, 0.25) is 5.02 Å². The molecular formula is C25H31ClN2O2S. The Balaban J connectivity index is 1.64. The maximum atomic E-state index is 13.2. The van der Waals surface area contributed by atoms with Crippen molar-refractivity contribution in [1.82, 2.24) is 10.2 Å². The van der Waals surface area contributed by atoms with Gasteiger partial charge in [-0.25, -0.2) is 0 Å². The van der Waals surface area contributed by atoms with Crippen LogP contribution in [0.15, 0.2) is 53.4 Å². The highest BCUT2D eigenvalue weighted by molar-refractivity contribution is 7.99. The Morgan fingerprint density at radius 2 is 1.74 bits per heavy atom.